The minimum atomic E-state index is -0.0376. The van der Waals surface area contributed by atoms with Crippen LogP contribution in [-0.4, -0.2) is 15.6 Å². The minimum absolute atomic E-state index is 0.0376. The molecule has 0 bridgehead atoms. The number of carbonyl (C=O) groups excluding carboxylic acids is 1. The van der Waals surface area contributed by atoms with Crippen LogP contribution in [0.4, 0.5) is 0 Å². The van der Waals surface area contributed by atoms with Crippen LogP contribution in [0, 0.1) is 0 Å². The first-order valence-electron chi connectivity index (χ1n) is 4.59. The first-order valence-corrected chi connectivity index (χ1v) is 5.35. The predicted molar refractivity (Wildman–Crippen MR) is 63.6 cm³/mol. The molecule has 0 spiro atoms. The molecule has 3 nitrogen and oxygen atoms in total. The molecule has 2 aromatic rings. The molecule has 82 valence electrons. The van der Waals surface area contributed by atoms with E-state index >= 15 is 0 Å². The Hall–Kier alpha value is -1.32. The number of halogens is 2. The van der Waals surface area contributed by atoms with Crippen molar-refractivity contribution in [1.29, 1.82) is 0 Å². The molecular formula is C11H8Cl2N2O. The second kappa shape index (κ2) is 4.28. The molecule has 0 unspecified atom stereocenters. The molecule has 0 saturated carbocycles. The lowest BCUT2D eigenvalue weighted by molar-refractivity contribution is 0.101. The largest absolute Gasteiger partial charge is 0.294 e. The van der Waals surface area contributed by atoms with Gasteiger partial charge in [0.15, 0.2) is 5.78 Å². The number of benzene rings is 1. The normalized spacial score (nSPS) is 10.4. The van der Waals surface area contributed by atoms with Crippen LogP contribution in [0.25, 0.3) is 5.69 Å². The van der Waals surface area contributed by atoms with E-state index in [9.17, 15) is 4.79 Å². The lowest BCUT2D eigenvalue weighted by Crippen LogP contribution is -1.95. The Morgan fingerprint density at radius 3 is 2.75 bits per heavy atom. The van der Waals surface area contributed by atoms with Gasteiger partial charge in [-0.3, -0.25) is 4.79 Å². The number of hydrogen-bond acceptors (Lipinski definition) is 2. The maximum atomic E-state index is 11.1. The topological polar surface area (TPSA) is 34.9 Å². The third-order valence-electron chi connectivity index (χ3n) is 2.17. The van der Waals surface area contributed by atoms with Crippen LogP contribution in [-0.2, 0) is 0 Å². The fourth-order valence-corrected chi connectivity index (χ4v) is 1.69. The summed E-state index contributed by atoms with van der Waals surface area (Å²) in [6, 6.07) is 5.26. The predicted octanol–water partition coefficient (Wildman–Crippen LogP) is 3.38. The van der Waals surface area contributed by atoms with Crippen molar-refractivity contribution in [2.75, 3.05) is 0 Å². The molecule has 0 radical (unpaired) electrons. The number of ketones is 1. The van der Waals surface area contributed by atoms with E-state index in [2.05, 4.69) is 5.10 Å². The summed E-state index contributed by atoms with van der Waals surface area (Å²) < 4.78 is 1.53. The zero-order valence-electron chi connectivity index (χ0n) is 8.45. The van der Waals surface area contributed by atoms with Crippen LogP contribution in [0.1, 0.15) is 17.3 Å². The lowest BCUT2D eigenvalue weighted by atomic mass is 10.2. The van der Waals surface area contributed by atoms with Gasteiger partial charge in [-0.2, -0.15) is 5.10 Å². The molecule has 0 aliphatic rings. The quantitative estimate of drug-likeness (QED) is 0.771. The lowest BCUT2D eigenvalue weighted by Gasteiger charge is -2.04. The molecule has 0 atom stereocenters. The summed E-state index contributed by atoms with van der Waals surface area (Å²) in [5, 5.41) is 4.94. The van der Waals surface area contributed by atoms with Gasteiger partial charge >= 0.3 is 0 Å². The Morgan fingerprint density at radius 1 is 1.38 bits per heavy atom. The number of carbonyl (C=O) groups is 1. The zero-order chi connectivity index (χ0) is 11.7. The Kier molecular flexibility index (Phi) is 2.99. The summed E-state index contributed by atoms with van der Waals surface area (Å²) in [4.78, 5) is 11.1. The number of Topliss-reactive ketones (excluding diaryl/α,β-unsaturated/α-hetero) is 1. The van der Waals surface area contributed by atoms with Crippen molar-refractivity contribution in [2.45, 2.75) is 6.92 Å². The van der Waals surface area contributed by atoms with E-state index in [0.29, 0.717) is 21.3 Å². The smallest absolute Gasteiger partial charge is 0.162 e. The van der Waals surface area contributed by atoms with Crippen molar-refractivity contribution < 1.29 is 4.79 Å². The number of aromatic nitrogens is 2. The maximum Gasteiger partial charge on any atom is 0.162 e. The molecule has 0 aliphatic heterocycles. The van der Waals surface area contributed by atoms with E-state index < -0.39 is 0 Å². The van der Waals surface area contributed by atoms with Gasteiger partial charge in [0.05, 0.1) is 27.5 Å². The third-order valence-corrected chi connectivity index (χ3v) is 2.98. The summed E-state index contributed by atoms with van der Waals surface area (Å²) in [7, 11) is 0. The molecule has 5 heteroatoms. The average Bonchev–Trinajstić information content (AvgIpc) is 2.71. The Labute approximate surface area is 103 Å². The van der Waals surface area contributed by atoms with Crippen molar-refractivity contribution in [1.82, 2.24) is 9.78 Å². The number of hydrogen-bond donors (Lipinski definition) is 0. The Morgan fingerprint density at radius 2 is 2.12 bits per heavy atom. The highest BCUT2D eigenvalue weighted by atomic mass is 35.5. The third kappa shape index (κ3) is 1.96. The molecule has 0 saturated heterocycles. The van der Waals surface area contributed by atoms with Gasteiger partial charge in [-0.15, -0.1) is 0 Å². The Bertz CT molecular complexity index is 549. The monoisotopic (exact) mass is 254 g/mol. The summed E-state index contributed by atoms with van der Waals surface area (Å²) in [6.07, 6.45) is 3.12. The van der Waals surface area contributed by atoms with Gasteiger partial charge in [-0.25, -0.2) is 4.68 Å². The first kappa shape index (κ1) is 11.2. The van der Waals surface area contributed by atoms with Crippen LogP contribution in [0.15, 0.2) is 30.6 Å². The van der Waals surface area contributed by atoms with Gasteiger partial charge in [0.2, 0.25) is 0 Å². The fraction of sp³-hybridized carbons (Fsp3) is 0.0909. The fourth-order valence-electron chi connectivity index (χ4n) is 1.31. The van der Waals surface area contributed by atoms with Crippen LogP contribution in [0.3, 0.4) is 0 Å². The van der Waals surface area contributed by atoms with Crippen LogP contribution >= 0.6 is 23.2 Å². The molecule has 0 amide bonds. The number of rotatable bonds is 2. The standard InChI is InChI=1S/C11H8Cl2N2O/c1-7(16)8-5-14-15(6-8)10-4-2-3-9(12)11(10)13/h2-6H,1H3. The second-order valence-corrected chi connectivity index (χ2v) is 4.09. The van der Waals surface area contributed by atoms with E-state index in [1.165, 1.54) is 17.8 Å². The van der Waals surface area contributed by atoms with Crippen molar-refractivity contribution in [3.05, 3.63) is 46.2 Å². The molecule has 16 heavy (non-hydrogen) atoms. The SMILES string of the molecule is CC(=O)c1cnn(-c2cccc(Cl)c2Cl)c1. The van der Waals surface area contributed by atoms with Crippen LogP contribution < -0.4 is 0 Å². The molecule has 2 rings (SSSR count). The molecule has 1 aromatic carbocycles. The maximum absolute atomic E-state index is 11.1. The van der Waals surface area contributed by atoms with Crippen molar-refractivity contribution in [3.63, 3.8) is 0 Å². The van der Waals surface area contributed by atoms with Crippen molar-refractivity contribution in [2.24, 2.45) is 0 Å². The second-order valence-electron chi connectivity index (χ2n) is 3.30. The van der Waals surface area contributed by atoms with E-state index in [4.69, 9.17) is 23.2 Å². The summed E-state index contributed by atoms with van der Waals surface area (Å²) in [5.74, 6) is -0.0376. The van der Waals surface area contributed by atoms with Crippen LogP contribution in [0.2, 0.25) is 10.0 Å². The molecule has 1 heterocycles. The molecule has 0 aliphatic carbocycles. The van der Waals surface area contributed by atoms with Gasteiger partial charge in [0, 0.05) is 6.20 Å². The van der Waals surface area contributed by atoms with Crippen molar-refractivity contribution in [3.8, 4) is 5.69 Å². The van der Waals surface area contributed by atoms with Gasteiger partial charge in [-0.05, 0) is 19.1 Å². The minimum Gasteiger partial charge on any atom is -0.294 e. The summed E-state index contributed by atoms with van der Waals surface area (Å²) in [6.45, 7) is 1.49. The van der Waals surface area contributed by atoms with E-state index in [0.717, 1.165) is 0 Å². The van der Waals surface area contributed by atoms with Gasteiger partial charge < -0.3 is 0 Å². The van der Waals surface area contributed by atoms with Gasteiger partial charge in [-0.1, -0.05) is 29.3 Å². The van der Waals surface area contributed by atoms with Crippen molar-refractivity contribution >= 4 is 29.0 Å². The highest BCUT2D eigenvalue weighted by Gasteiger charge is 2.09. The van der Waals surface area contributed by atoms with E-state index in [1.54, 1.807) is 24.4 Å². The number of nitrogens with zero attached hydrogens (tertiary/aromatic N) is 2. The molecular weight excluding hydrogens is 247 g/mol. The van der Waals surface area contributed by atoms with Gasteiger partial charge in [0.1, 0.15) is 0 Å². The Balaban J connectivity index is 2.50. The van der Waals surface area contributed by atoms with Gasteiger partial charge in [0.25, 0.3) is 0 Å². The highest BCUT2D eigenvalue weighted by Crippen LogP contribution is 2.28. The average molecular weight is 255 g/mol. The highest BCUT2D eigenvalue weighted by molar-refractivity contribution is 6.43. The first-order chi connectivity index (χ1) is 7.59. The molecule has 1 aromatic heterocycles. The summed E-state index contributed by atoms with van der Waals surface area (Å²) in [5.41, 5.74) is 1.19. The van der Waals surface area contributed by atoms with E-state index in [-0.39, 0.29) is 5.78 Å². The molecule has 0 N–H and O–H groups in total. The zero-order valence-corrected chi connectivity index (χ0v) is 9.96. The summed E-state index contributed by atoms with van der Waals surface area (Å²) >= 11 is 11.9. The van der Waals surface area contributed by atoms with Crippen LogP contribution in [0.5, 0.6) is 0 Å². The molecule has 0 fully saturated rings. The van der Waals surface area contributed by atoms with E-state index in [1.807, 2.05) is 0 Å².